The molecule has 0 amide bonds. The molecule has 2 nitrogen and oxygen atoms in total. The van der Waals surface area contributed by atoms with E-state index in [9.17, 15) is 17.6 Å². The molecule has 6 heteroatoms. The molecule has 1 saturated heterocycles. The number of nitrogens with one attached hydrogen (secondary N) is 1. The van der Waals surface area contributed by atoms with E-state index in [4.69, 9.17) is 0 Å². The van der Waals surface area contributed by atoms with E-state index >= 15 is 0 Å². The van der Waals surface area contributed by atoms with Gasteiger partial charge in [0.15, 0.2) is 0 Å². The van der Waals surface area contributed by atoms with Gasteiger partial charge in [-0.1, -0.05) is 6.92 Å². The third-order valence-corrected chi connectivity index (χ3v) is 3.58. The third-order valence-electron chi connectivity index (χ3n) is 3.58. The first-order valence-electron chi connectivity index (χ1n) is 6.74. The molecule has 1 aromatic rings. The number of rotatable bonds is 4. The Kier molecular flexibility index (Phi) is 4.52. The molecule has 1 atom stereocenters. The van der Waals surface area contributed by atoms with Crippen LogP contribution in [0.2, 0.25) is 0 Å². The van der Waals surface area contributed by atoms with Crippen LogP contribution in [0.3, 0.4) is 0 Å². The van der Waals surface area contributed by atoms with Crippen LogP contribution < -0.4 is 10.2 Å². The van der Waals surface area contributed by atoms with E-state index in [2.05, 4.69) is 5.32 Å². The highest BCUT2D eigenvalue weighted by molar-refractivity contribution is 5.51. The van der Waals surface area contributed by atoms with Crippen molar-refractivity contribution in [2.45, 2.75) is 19.5 Å². The Morgan fingerprint density at radius 3 is 2.75 bits per heavy atom. The molecule has 1 unspecified atom stereocenters. The highest BCUT2D eigenvalue weighted by Crippen LogP contribution is 2.34. The van der Waals surface area contributed by atoms with Gasteiger partial charge in [0.1, 0.15) is 5.82 Å². The van der Waals surface area contributed by atoms with Gasteiger partial charge >= 0.3 is 6.18 Å². The fourth-order valence-electron chi connectivity index (χ4n) is 2.50. The van der Waals surface area contributed by atoms with E-state index in [0.717, 1.165) is 37.7 Å². The van der Waals surface area contributed by atoms with Crippen molar-refractivity contribution in [2.24, 2.45) is 5.92 Å². The lowest BCUT2D eigenvalue weighted by atomic mass is 10.1. The summed E-state index contributed by atoms with van der Waals surface area (Å²) in [5.74, 6) is -0.244. The van der Waals surface area contributed by atoms with Gasteiger partial charge in [-0.2, -0.15) is 13.2 Å². The van der Waals surface area contributed by atoms with Crippen LogP contribution in [0.1, 0.15) is 18.9 Å². The van der Waals surface area contributed by atoms with Crippen molar-refractivity contribution in [3.8, 4) is 0 Å². The van der Waals surface area contributed by atoms with E-state index < -0.39 is 17.6 Å². The number of hydrogen-bond donors (Lipinski definition) is 1. The van der Waals surface area contributed by atoms with Crippen LogP contribution in [0.4, 0.5) is 23.2 Å². The number of anilines is 1. The molecule has 2 rings (SSSR count). The molecule has 0 bridgehead atoms. The predicted molar refractivity (Wildman–Crippen MR) is 70.3 cm³/mol. The Bertz CT molecular complexity index is 459. The first-order valence-corrected chi connectivity index (χ1v) is 6.74. The van der Waals surface area contributed by atoms with Crippen molar-refractivity contribution in [1.82, 2.24) is 5.32 Å². The fraction of sp³-hybridized carbons (Fsp3) is 0.571. The zero-order valence-electron chi connectivity index (χ0n) is 11.3. The molecule has 1 fully saturated rings. The Labute approximate surface area is 115 Å². The number of nitrogens with zero attached hydrogens (tertiary/aromatic N) is 1. The van der Waals surface area contributed by atoms with Gasteiger partial charge in [0.2, 0.25) is 0 Å². The Morgan fingerprint density at radius 2 is 2.10 bits per heavy atom. The molecule has 1 N–H and O–H groups in total. The van der Waals surface area contributed by atoms with Crippen molar-refractivity contribution in [3.63, 3.8) is 0 Å². The summed E-state index contributed by atoms with van der Waals surface area (Å²) >= 11 is 0. The summed E-state index contributed by atoms with van der Waals surface area (Å²) in [6, 6.07) is 2.59. The van der Waals surface area contributed by atoms with Crippen LogP contribution in [0, 0.1) is 11.7 Å². The maximum absolute atomic E-state index is 13.8. The predicted octanol–water partition coefficient (Wildman–Crippen LogP) is 3.28. The number of halogens is 4. The molecule has 112 valence electrons. The summed E-state index contributed by atoms with van der Waals surface area (Å²) in [7, 11) is 0. The van der Waals surface area contributed by atoms with Gasteiger partial charge < -0.3 is 10.2 Å². The van der Waals surface area contributed by atoms with E-state index in [0.29, 0.717) is 19.0 Å². The molecule has 1 aliphatic rings. The van der Waals surface area contributed by atoms with E-state index in [1.165, 1.54) is 0 Å². The van der Waals surface area contributed by atoms with Crippen LogP contribution in [-0.4, -0.2) is 26.2 Å². The maximum Gasteiger partial charge on any atom is 0.416 e. The van der Waals surface area contributed by atoms with Gasteiger partial charge in [0.25, 0.3) is 0 Å². The molecule has 1 aromatic carbocycles. The normalized spacial score (nSPS) is 19.6. The molecule has 0 saturated carbocycles. The van der Waals surface area contributed by atoms with Crippen molar-refractivity contribution in [3.05, 3.63) is 29.6 Å². The van der Waals surface area contributed by atoms with Crippen molar-refractivity contribution < 1.29 is 17.6 Å². The van der Waals surface area contributed by atoms with Gasteiger partial charge in [0.05, 0.1) is 11.3 Å². The van der Waals surface area contributed by atoms with Crippen molar-refractivity contribution in [2.75, 3.05) is 31.1 Å². The third kappa shape index (κ3) is 3.42. The molecule has 0 aromatic heterocycles. The smallest absolute Gasteiger partial charge is 0.369 e. The quantitative estimate of drug-likeness (QED) is 0.856. The van der Waals surface area contributed by atoms with Crippen LogP contribution in [0.25, 0.3) is 0 Å². The molecule has 0 spiro atoms. The van der Waals surface area contributed by atoms with Crippen LogP contribution in [0.15, 0.2) is 18.2 Å². The standard InChI is InChI=1S/C14H18F4N2/c1-2-19-8-10-5-6-20(9-10)13-7-11(14(16,17)18)3-4-12(13)15/h3-4,7,10,19H,2,5-6,8-9H2,1H3. The average Bonchev–Trinajstić information content (AvgIpc) is 2.84. The van der Waals surface area contributed by atoms with Crippen LogP contribution in [0.5, 0.6) is 0 Å². The van der Waals surface area contributed by atoms with Crippen LogP contribution in [-0.2, 0) is 6.18 Å². The lowest BCUT2D eigenvalue weighted by molar-refractivity contribution is -0.137. The second kappa shape index (κ2) is 5.99. The first-order chi connectivity index (χ1) is 9.41. The lowest BCUT2D eigenvalue weighted by Gasteiger charge is -2.21. The zero-order valence-corrected chi connectivity index (χ0v) is 11.3. The van der Waals surface area contributed by atoms with Gasteiger partial charge in [-0.05, 0) is 43.6 Å². The highest BCUT2D eigenvalue weighted by atomic mass is 19.4. The fourth-order valence-corrected chi connectivity index (χ4v) is 2.50. The first kappa shape index (κ1) is 15.1. The average molecular weight is 290 g/mol. The minimum atomic E-state index is -4.44. The molecular formula is C14H18F4N2. The Balaban J connectivity index is 2.13. The number of hydrogen-bond acceptors (Lipinski definition) is 2. The van der Waals surface area contributed by atoms with Crippen molar-refractivity contribution in [1.29, 1.82) is 0 Å². The zero-order chi connectivity index (χ0) is 14.8. The van der Waals surface area contributed by atoms with Gasteiger partial charge in [-0.25, -0.2) is 4.39 Å². The van der Waals surface area contributed by atoms with Gasteiger partial charge in [0, 0.05) is 13.1 Å². The molecular weight excluding hydrogens is 272 g/mol. The van der Waals surface area contributed by atoms with E-state index in [1.807, 2.05) is 6.92 Å². The summed E-state index contributed by atoms with van der Waals surface area (Å²) in [4.78, 5) is 1.70. The van der Waals surface area contributed by atoms with Crippen molar-refractivity contribution >= 4 is 5.69 Å². The summed E-state index contributed by atoms with van der Waals surface area (Å²) < 4.78 is 51.8. The molecule has 1 heterocycles. The minimum absolute atomic E-state index is 0.0545. The minimum Gasteiger partial charge on any atom is -0.369 e. The molecule has 1 aliphatic heterocycles. The number of alkyl halides is 3. The highest BCUT2D eigenvalue weighted by Gasteiger charge is 2.32. The maximum atomic E-state index is 13.8. The van der Waals surface area contributed by atoms with E-state index in [1.54, 1.807) is 4.90 Å². The largest absolute Gasteiger partial charge is 0.416 e. The lowest BCUT2D eigenvalue weighted by Crippen LogP contribution is -2.26. The summed E-state index contributed by atoms with van der Waals surface area (Å²) in [6.45, 7) is 4.85. The number of benzene rings is 1. The molecule has 0 aliphatic carbocycles. The van der Waals surface area contributed by atoms with E-state index in [-0.39, 0.29) is 5.69 Å². The van der Waals surface area contributed by atoms with Gasteiger partial charge in [-0.15, -0.1) is 0 Å². The SMILES string of the molecule is CCNCC1CCN(c2cc(C(F)(F)F)ccc2F)C1. The monoisotopic (exact) mass is 290 g/mol. The summed E-state index contributed by atoms with van der Waals surface area (Å²) in [6.07, 6.45) is -3.58. The summed E-state index contributed by atoms with van der Waals surface area (Å²) in [5.41, 5.74) is -0.747. The van der Waals surface area contributed by atoms with Gasteiger partial charge in [-0.3, -0.25) is 0 Å². The molecule has 20 heavy (non-hydrogen) atoms. The Hall–Kier alpha value is -1.30. The second-order valence-corrected chi connectivity index (χ2v) is 5.07. The second-order valence-electron chi connectivity index (χ2n) is 5.07. The molecule has 0 radical (unpaired) electrons. The topological polar surface area (TPSA) is 15.3 Å². The van der Waals surface area contributed by atoms with Crippen LogP contribution >= 0.6 is 0 Å². The summed E-state index contributed by atoms with van der Waals surface area (Å²) in [5, 5.41) is 3.21. The Morgan fingerprint density at radius 1 is 1.35 bits per heavy atom.